The summed E-state index contributed by atoms with van der Waals surface area (Å²) in [6.07, 6.45) is 3.34. The van der Waals surface area contributed by atoms with Crippen LogP contribution in [0.4, 0.5) is 0 Å². The molecule has 6 heteroatoms. The number of hydrogen-bond donors (Lipinski definition) is 1. The Kier molecular flexibility index (Phi) is 7.94. The van der Waals surface area contributed by atoms with Gasteiger partial charge in [-0.25, -0.2) is 0 Å². The number of methoxy groups -OCH3 is 1. The first-order valence-electron chi connectivity index (χ1n) is 9.16. The van der Waals surface area contributed by atoms with Gasteiger partial charge < -0.3 is 19.5 Å². The van der Waals surface area contributed by atoms with Gasteiger partial charge in [-0.2, -0.15) is 0 Å². The van der Waals surface area contributed by atoms with Gasteiger partial charge in [-0.1, -0.05) is 6.07 Å². The van der Waals surface area contributed by atoms with Crippen molar-refractivity contribution < 1.29 is 19.0 Å². The van der Waals surface area contributed by atoms with E-state index in [-0.39, 0.29) is 18.0 Å². The molecule has 1 N–H and O–H groups in total. The molecular weight excluding hydrogens is 332 g/mol. The quantitative estimate of drug-likeness (QED) is 0.719. The molecule has 0 aliphatic carbocycles. The fraction of sp³-hybridized carbons (Fsp3) is 0.550. The van der Waals surface area contributed by atoms with E-state index >= 15 is 0 Å². The zero-order valence-corrected chi connectivity index (χ0v) is 16.2. The van der Waals surface area contributed by atoms with Crippen molar-refractivity contribution in [2.75, 3.05) is 40.0 Å². The predicted molar refractivity (Wildman–Crippen MR) is 103 cm³/mol. The van der Waals surface area contributed by atoms with Gasteiger partial charge in [-0.15, -0.1) is 0 Å². The van der Waals surface area contributed by atoms with Crippen molar-refractivity contribution in [3.05, 3.63) is 29.8 Å². The lowest BCUT2D eigenvalue weighted by atomic mass is 10.1. The van der Waals surface area contributed by atoms with Gasteiger partial charge in [0.15, 0.2) is 11.5 Å². The Morgan fingerprint density at radius 3 is 2.69 bits per heavy atom. The second-order valence-corrected chi connectivity index (χ2v) is 6.36. The van der Waals surface area contributed by atoms with Crippen molar-refractivity contribution in [2.45, 2.75) is 32.9 Å². The third-order valence-electron chi connectivity index (χ3n) is 4.63. The summed E-state index contributed by atoms with van der Waals surface area (Å²) in [6.45, 7) is 9.97. The maximum atomic E-state index is 12.3. The van der Waals surface area contributed by atoms with E-state index in [9.17, 15) is 4.79 Å². The van der Waals surface area contributed by atoms with Crippen LogP contribution in [0.3, 0.4) is 0 Å². The van der Waals surface area contributed by atoms with E-state index in [1.54, 1.807) is 19.3 Å². The second kappa shape index (κ2) is 10.2. The molecule has 2 atom stereocenters. The van der Waals surface area contributed by atoms with E-state index in [2.05, 4.69) is 17.1 Å². The molecule has 144 valence electrons. The van der Waals surface area contributed by atoms with Crippen LogP contribution in [-0.2, 0) is 9.53 Å². The minimum Gasteiger partial charge on any atom is -0.493 e. The molecule has 0 bridgehead atoms. The van der Waals surface area contributed by atoms with Crippen molar-refractivity contribution in [2.24, 2.45) is 0 Å². The molecule has 1 aromatic rings. The molecule has 1 saturated heterocycles. The zero-order chi connectivity index (χ0) is 18.9. The highest BCUT2D eigenvalue weighted by atomic mass is 16.5. The normalized spacial score (nSPS) is 17.7. The SMILES string of the molecule is CCOc1cc(/C=C/C(=O)NC(C)C(C)N2CCOCC2)ccc1OC. The van der Waals surface area contributed by atoms with E-state index < -0.39 is 0 Å². The van der Waals surface area contributed by atoms with Gasteiger partial charge in [0.05, 0.1) is 26.9 Å². The van der Waals surface area contributed by atoms with Crippen molar-refractivity contribution in [3.63, 3.8) is 0 Å². The van der Waals surface area contributed by atoms with Crippen LogP contribution < -0.4 is 14.8 Å². The smallest absolute Gasteiger partial charge is 0.244 e. The van der Waals surface area contributed by atoms with Crippen LogP contribution in [0.25, 0.3) is 6.08 Å². The number of nitrogens with one attached hydrogen (secondary N) is 1. The topological polar surface area (TPSA) is 60.0 Å². The molecule has 0 radical (unpaired) electrons. The van der Waals surface area contributed by atoms with Crippen LogP contribution in [0, 0.1) is 0 Å². The molecule has 2 rings (SSSR count). The van der Waals surface area contributed by atoms with E-state index in [1.807, 2.05) is 32.0 Å². The maximum Gasteiger partial charge on any atom is 0.244 e. The van der Waals surface area contributed by atoms with Crippen molar-refractivity contribution in [1.82, 2.24) is 10.2 Å². The minimum absolute atomic E-state index is 0.0557. The Bertz CT molecular complexity index is 612. The molecule has 2 unspecified atom stereocenters. The molecule has 6 nitrogen and oxygen atoms in total. The zero-order valence-electron chi connectivity index (χ0n) is 16.2. The average Bonchev–Trinajstić information content (AvgIpc) is 2.67. The number of hydrogen-bond acceptors (Lipinski definition) is 5. The molecule has 1 aliphatic heterocycles. The number of ether oxygens (including phenoxy) is 3. The fourth-order valence-electron chi connectivity index (χ4n) is 2.93. The van der Waals surface area contributed by atoms with Gasteiger partial charge in [0.1, 0.15) is 0 Å². The first-order chi connectivity index (χ1) is 12.5. The molecule has 1 aromatic carbocycles. The summed E-state index contributed by atoms with van der Waals surface area (Å²) in [6, 6.07) is 5.92. The number of nitrogens with zero attached hydrogens (tertiary/aromatic N) is 1. The lowest BCUT2D eigenvalue weighted by Gasteiger charge is -2.35. The van der Waals surface area contributed by atoms with Gasteiger partial charge in [0, 0.05) is 31.2 Å². The van der Waals surface area contributed by atoms with Gasteiger partial charge in [-0.05, 0) is 44.5 Å². The second-order valence-electron chi connectivity index (χ2n) is 6.36. The summed E-state index contributed by atoms with van der Waals surface area (Å²) >= 11 is 0. The predicted octanol–water partition coefficient (Wildman–Crippen LogP) is 2.33. The maximum absolute atomic E-state index is 12.3. The lowest BCUT2D eigenvalue weighted by Crippen LogP contribution is -2.51. The molecule has 26 heavy (non-hydrogen) atoms. The first kappa shape index (κ1) is 20.3. The van der Waals surface area contributed by atoms with E-state index in [4.69, 9.17) is 14.2 Å². The standard InChI is InChI=1S/C20H30N2O4/c1-5-26-19-14-17(6-8-18(19)24-4)7-9-20(23)21-15(2)16(3)22-10-12-25-13-11-22/h6-9,14-16H,5,10-13H2,1-4H3,(H,21,23)/b9-7+. The highest BCUT2D eigenvalue weighted by Gasteiger charge is 2.22. The van der Waals surface area contributed by atoms with Gasteiger partial charge in [-0.3, -0.25) is 9.69 Å². The number of amides is 1. The largest absolute Gasteiger partial charge is 0.493 e. The summed E-state index contributed by atoms with van der Waals surface area (Å²) in [5.74, 6) is 1.25. The van der Waals surface area contributed by atoms with Gasteiger partial charge >= 0.3 is 0 Å². The highest BCUT2D eigenvalue weighted by Crippen LogP contribution is 2.28. The van der Waals surface area contributed by atoms with Crippen LogP contribution in [0.2, 0.25) is 0 Å². The van der Waals surface area contributed by atoms with Crippen LogP contribution >= 0.6 is 0 Å². The van der Waals surface area contributed by atoms with E-state index in [1.165, 1.54) is 0 Å². The van der Waals surface area contributed by atoms with E-state index in [0.29, 0.717) is 18.1 Å². The molecule has 0 aromatic heterocycles. The number of benzene rings is 1. The van der Waals surface area contributed by atoms with Crippen LogP contribution in [0.15, 0.2) is 24.3 Å². The fourth-order valence-corrected chi connectivity index (χ4v) is 2.93. The highest BCUT2D eigenvalue weighted by molar-refractivity contribution is 5.92. The van der Waals surface area contributed by atoms with E-state index in [0.717, 1.165) is 31.9 Å². The third-order valence-corrected chi connectivity index (χ3v) is 4.63. The van der Waals surface area contributed by atoms with Crippen LogP contribution in [0.1, 0.15) is 26.3 Å². The summed E-state index contributed by atoms with van der Waals surface area (Å²) < 4.78 is 16.2. The van der Waals surface area contributed by atoms with Crippen molar-refractivity contribution in [1.29, 1.82) is 0 Å². The lowest BCUT2D eigenvalue weighted by molar-refractivity contribution is -0.117. The Balaban J connectivity index is 1.92. The Labute approximate surface area is 156 Å². The summed E-state index contributed by atoms with van der Waals surface area (Å²) in [5, 5.41) is 3.05. The number of rotatable bonds is 8. The Hall–Kier alpha value is -2.05. The Morgan fingerprint density at radius 1 is 1.31 bits per heavy atom. The van der Waals surface area contributed by atoms with Crippen molar-refractivity contribution >= 4 is 12.0 Å². The summed E-state index contributed by atoms with van der Waals surface area (Å²) in [7, 11) is 1.61. The molecular formula is C20H30N2O4. The van der Waals surface area contributed by atoms with Gasteiger partial charge in [0.25, 0.3) is 0 Å². The third kappa shape index (κ3) is 5.75. The molecule has 1 heterocycles. The van der Waals surface area contributed by atoms with Crippen LogP contribution in [0.5, 0.6) is 11.5 Å². The molecule has 1 fully saturated rings. The molecule has 0 spiro atoms. The van der Waals surface area contributed by atoms with Gasteiger partial charge in [0.2, 0.25) is 5.91 Å². The summed E-state index contributed by atoms with van der Waals surface area (Å²) in [5.41, 5.74) is 0.887. The van der Waals surface area contributed by atoms with Crippen LogP contribution in [-0.4, -0.2) is 62.9 Å². The first-order valence-corrected chi connectivity index (χ1v) is 9.16. The van der Waals surface area contributed by atoms with Crippen molar-refractivity contribution in [3.8, 4) is 11.5 Å². The molecule has 0 saturated carbocycles. The molecule has 1 aliphatic rings. The number of carbonyl (C=O) groups is 1. The molecule has 1 amide bonds. The monoisotopic (exact) mass is 362 g/mol. The number of carbonyl (C=O) groups excluding carboxylic acids is 1. The number of morpholine rings is 1. The average molecular weight is 362 g/mol. The minimum atomic E-state index is -0.105. The Morgan fingerprint density at radius 2 is 2.04 bits per heavy atom. The summed E-state index contributed by atoms with van der Waals surface area (Å²) in [4.78, 5) is 14.6.